The number of benzene rings is 1. The van der Waals surface area contributed by atoms with E-state index in [4.69, 9.17) is 18.9 Å². The summed E-state index contributed by atoms with van der Waals surface area (Å²) in [7, 11) is 3.45. The molecule has 0 saturated carbocycles. The summed E-state index contributed by atoms with van der Waals surface area (Å²) < 4.78 is 21.7. The van der Waals surface area contributed by atoms with Gasteiger partial charge in [-0.3, -0.25) is 4.99 Å². The molecule has 7 heteroatoms. The number of nitrogens with one attached hydrogen (secondary N) is 2. The van der Waals surface area contributed by atoms with Crippen LogP contribution in [0.5, 0.6) is 11.5 Å². The van der Waals surface area contributed by atoms with Crippen molar-refractivity contribution in [3.8, 4) is 11.5 Å². The van der Waals surface area contributed by atoms with Crippen molar-refractivity contribution in [2.75, 3.05) is 60.3 Å². The minimum atomic E-state index is -0.0866. The molecule has 2 N–H and O–H groups in total. The van der Waals surface area contributed by atoms with Gasteiger partial charge in [0, 0.05) is 39.3 Å². The molecule has 0 aliphatic carbocycles. The average molecular weight is 380 g/mol. The molecule has 1 aromatic carbocycles. The fourth-order valence-corrected chi connectivity index (χ4v) is 2.72. The third kappa shape index (κ3) is 6.92. The van der Waals surface area contributed by atoms with Gasteiger partial charge in [0.25, 0.3) is 0 Å². The molecule has 0 aromatic heterocycles. The fraction of sp³-hybridized carbons (Fsp3) is 0.650. The molecule has 7 nitrogen and oxygen atoms in total. The van der Waals surface area contributed by atoms with Crippen LogP contribution in [0.3, 0.4) is 0 Å². The predicted octanol–water partition coefficient (Wildman–Crippen LogP) is 1.95. The second-order valence-corrected chi connectivity index (χ2v) is 7.05. The van der Waals surface area contributed by atoms with Gasteiger partial charge < -0.3 is 29.6 Å². The molecule has 1 aromatic rings. The van der Waals surface area contributed by atoms with E-state index in [0.717, 1.165) is 37.0 Å². The maximum absolute atomic E-state index is 5.71. The highest BCUT2D eigenvalue weighted by molar-refractivity contribution is 5.79. The van der Waals surface area contributed by atoms with E-state index in [-0.39, 0.29) is 5.41 Å². The van der Waals surface area contributed by atoms with Gasteiger partial charge in [-0.25, -0.2) is 0 Å². The molecule has 0 atom stereocenters. The monoisotopic (exact) mass is 379 g/mol. The van der Waals surface area contributed by atoms with Crippen LogP contribution in [0, 0.1) is 0 Å². The molecule has 152 valence electrons. The van der Waals surface area contributed by atoms with E-state index in [1.54, 1.807) is 14.2 Å². The smallest absolute Gasteiger partial charge is 0.191 e. The number of fused-ring (bicyclic) bond motifs is 1. The molecule has 27 heavy (non-hydrogen) atoms. The van der Waals surface area contributed by atoms with Crippen LogP contribution in [0.4, 0.5) is 0 Å². The Hall–Kier alpha value is -1.99. The number of nitrogens with zero attached hydrogens (tertiary/aromatic N) is 1. The van der Waals surface area contributed by atoms with Gasteiger partial charge in [-0.05, 0) is 24.1 Å². The van der Waals surface area contributed by atoms with E-state index in [1.165, 1.54) is 5.56 Å². The Kier molecular flexibility index (Phi) is 8.67. The van der Waals surface area contributed by atoms with Crippen LogP contribution in [0.15, 0.2) is 23.2 Å². The molecule has 1 heterocycles. The van der Waals surface area contributed by atoms with E-state index in [1.807, 2.05) is 6.07 Å². The number of rotatable bonds is 10. The molecule has 0 bridgehead atoms. The Morgan fingerprint density at radius 1 is 1.11 bits per heavy atom. The van der Waals surface area contributed by atoms with Gasteiger partial charge in [-0.1, -0.05) is 19.9 Å². The molecule has 1 aliphatic rings. The first-order valence-corrected chi connectivity index (χ1v) is 9.48. The molecule has 0 radical (unpaired) electrons. The van der Waals surface area contributed by atoms with Gasteiger partial charge >= 0.3 is 0 Å². The van der Waals surface area contributed by atoms with Crippen molar-refractivity contribution < 1.29 is 18.9 Å². The lowest BCUT2D eigenvalue weighted by Crippen LogP contribution is -2.43. The summed E-state index contributed by atoms with van der Waals surface area (Å²) in [6, 6.07) is 6.16. The summed E-state index contributed by atoms with van der Waals surface area (Å²) in [5.41, 5.74) is 1.11. The van der Waals surface area contributed by atoms with E-state index in [2.05, 4.69) is 41.6 Å². The Bertz CT molecular complexity index is 605. The Morgan fingerprint density at radius 3 is 2.63 bits per heavy atom. The van der Waals surface area contributed by atoms with Gasteiger partial charge in [0.15, 0.2) is 17.5 Å². The minimum absolute atomic E-state index is 0.0866. The van der Waals surface area contributed by atoms with Crippen LogP contribution < -0.4 is 20.1 Å². The standard InChI is InChI=1S/C20H33N3O4/c1-20(2,16-6-7-17-18(14-16)27-13-12-26-17)15-23-19(21-3)22-8-5-9-25-11-10-24-4/h6-7,14H,5,8-13,15H2,1-4H3,(H2,21,22,23). The van der Waals surface area contributed by atoms with Crippen LogP contribution in [0.1, 0.15) is 25.8 Å². The zero-order valence-electron chi connectivity index (χ0n) is 17.0. The zero-order chi connectivity index (χ0) is 19.5. The highest BCUT2D eigenvalue weighted by Crippen LogP contribution is 2.34. The van der Waals surface area contributed by atoms with E-state index in [0.29, 0.717) is 33.0 Å². The van der Waals surface area contributed by atoms with E-state index < -0.39 is 0 Å². The van der Waals surface area contributed by atoms with Gasteiger partial charge in [-0.15, -0.1) is 0 Å². The Morgan fingerprint density at radius 2 is 1.89 bits per heavy atom. The summed E-state index contributed by atoms with van der Waals surface area (Å²) in [4.78, 5) is 4.29. The normalized spacial score (nSPS) is 14.1. The summed E-state index contributed by atoms with van der Waals surface area (Å²) in [5, 5.41) is 6.72. The van der Waals surface area contributed by atoms with Crippen molar-refractivity contribution in [2.45, 2.75) is 25.7 Å². The lowest BCUT2D eigenvalue weighted by molar-refractivity contribution is 0.0698. The quantitative estimate of drug-likeness (QED) is 0.368. The van der Waals surface area contributed by atoms with Gasteiger partial charge in [-0.2, -0.15) is 0 Å². The molecule has 1 aliphatic heterocycles. The van der Waals surface area contributed by atoms with Crippen molar-refractivity contribution in [2.24, 2.45) is 4.99 Å². The van der Waals surface area contributed by atoms with Gasteiger partial charge in [0.2, 0.25) is 0 Å². The molecule has 0 amide bonds. The van der Waals surface area contributed by atoms with Crippen molar-refractivity contribution in [1.29, 1.82) is 0 Å². The van der Waals surface area contributed by atoms with Crippen molar-refractivity contribution in [1.82, 2.24) is 10.6 Å². The SMILES string of the molecule is CN=C(NCCCOCCOC)NCC(C)(C)c1ccc2c(c1)OCCO2. The highest BCUT2D eigenvalue weighted by atomic mass is 16.6. The summed E-state index contributed by atoms with van der Waals surface area (Å²) in [5.74, 6) is 2.43. The molecule has 0 unspecified atom stereocenters. The van der Waals surface area contributed by atoms with Crippen LogP contribution in [-0.2, 0) is 14.9 Å². The number of hydrogen-bond acceptors (Lipinski definition) is 5. The van der Waals surface area contributed by atoms with Crippen LogP contribution in [0.2, 0.25) is 0 Å². The largest absolute Gasteiger partial charge is 0.486 e. The maximum Gasteiger partial charge on any atom is 0.191 e. The molecule has 0 fully saturated rings. The number of methoxy groups -OCH3 is 1. The highest BCUT2D eigenvalue weighted by Gasteiger charge is 2.23. The predicted molar refractivity (Wildman–Crippen MR) is 107 cm³/mol. The molecular weight excluding hydrogens is 346 g/mol. The molecule has 0 saturated heterocycles. The van der Waals surface area contributed by atoms with Crippen molar-refractivity contribution in [3.63, 3.8) is 0 Å². The number of hydrogen-bond donors (Lipinski definition) is 2. The van der Waals surface area contributed by atoms with E-state index >= 15 is 0 Å². The topological polar surface area (TPSA) is 73.3 Å². The second-order valence-electron chi connectivity index (χ2n) is 7.05. The Balaban J connectivity index is 1.77. The summed E-state index contributed by atoms with van der Waals surface area (Å²) >= 11 is 0. The summed E-state index contributed by atoms with van der Waals surface area (Å²) in [6.07, 6.45) is 0.913. The second kappa shape index (κ2) is 11.0. The zero-order valence-corrected chi connectivity index (χ0v) is 17.0. The fourth-order valence-electron chi connectivity index (χ4n) is 2.72. The number of guanidine groups is 1. The average Bonchev–Trinajstić information content (AvgIpc) is 2.69. The lowest BCUT2D eigenvalue weighted by atomic mass is 9.84. The Labute approximate surface area is 162 Å². The molecule has 0 spiro atoms. The lowest BCUT2D eigenvalue weighted by Gasteiger charge is -2.28. The number of aliphatic imine (C=N–C) groups is 1. The van der Waals surface area contributed by atoms with Gasteiger partial charge in [0.1, 0.15) is 13.2 Å². The third-order valence-corrected chi connectivity index (χ3v) is 4.43. The first kappa shape index (κ1) is 21.3. The van der Waals surface area contributed by atoms with E-state index in [9.17, 15) is 0 Å². The minimum Gasteiger partial charge on any atom is -0.486 e. The summed E-state index contributed by atoms with van der Waals surface area (Å²) in [6.45, 7) is 9.12. The first-order chi connectivity index (χ1) is 13.1. The number of ether oxygens (including phenoxy) is 4. The third-order valence-electron chi connectivity index (χ3n) is 4.43. The van der Waals surface area contributed by atoms with Crippen LogP contribution in [-0.4, -0.2) is 66.2 Å². The van der Waals surface area contributed by atoms with Gasteiger partial charge in [0.05, 0.1) is 13.2 Å². The molecule has 2 rings (SSSR count). The van der Waals surface area contributed by atoms with Crippen molar-refractivity contribution in [3.05, 3.63) is 23.8 Å². The molecular formula is C20H33N3O4. The van der Waals surface area contributed by atoms with Crippen molar-refractivity contribution >= 4 is 5.96 Å². The first-order valence-electron chi connectivity index (χ1n) is 9.48. The van der Waals surface area contributed by atoms with Crippen LogP contribution >= 0.6 is 0 Å². The van der Waals surface area contributed by atoms with Crippen LogP contribution in [0.25, 0.3) is 0 Å². The maximum atomic E-state index is 5.71.